The third-order valence-electron chi connectivity index (χ3n) is 2.96. The van der Waals surface area contributed by atoms with Crippen molar-refractivity contribution in [1.29, 1.82) is 0 Å². The van der Waals surface area contributed by atoms with Gasteiger partial charge in [0.25, 0.3) is 0 Å². The predicted octanol–water partition coefficient (Wildman–Crippen LogP) is 4.27. The summed E-state index contributed by atoms with van der Waals surface area (Å²) < 4.78 is 13.6. The molecule has 0 aliphatic carbocycles. The zero-order valence-electron chi connectivity index (χ0n) is 12.9. The summed E-state index contributed by atoms with van der Waals surface area (Å²) in [5.74, 6) is 0.883. The maximum absolute atomic E-state index is 6.04. The molecule has 1 aromatic carbocycles. The normalized spacial score (nSPS) is 13.3. The van der Waals surface area contributed by atoms with Gasteiger partial charge in [0, 0.05) is 12.1 Å². The van der Waals surface area contributed by atoms with Gasteiger partial charge in [0.15, 0.2) is 0 Å². The predicted molar refractivity (Wildman–Crippen MR) is 82.7 cm³/mol. The molecule has 108 valence electrons. The minimum Gasteiger partial charge on any atom is -0.497 e. The standard InChI is InChI=1S/C15H26NO2P/c1-12(2)16(13(3)4)19(6)18-11-14-7-9-15(17-5)10-8-14/h7-10,12-13H,11H2,1-6H3. The first-order valence-electron chi connectivity index (χ1n) is 6.73. The molecule has 0 aliphatic rings. The minimum atomic E-state index is -0.556. The van der Waals surface area contributed by atoms with Gasteiger partial charge in [0.2, 0.25) is 0 Å². The van der Waals surface area contributed by atoms with Crippen LogP contribution in [-0.4, -0.2) is 30.5 Å². The second-order valence-electron chi connectivity index (χ2n) is 5.15. The zero-order valence-corrected chi connectivity index (χ0v) is 13.8. The summed E-state index contributed by atoms with van der Waals surface area (Å²) in [7, 11) is 1.12. The van der Waals surface area contributed by atoms with Crippen LogP contribution in [0.1, 0.15) is 33.3 Å². The summed E-state index contributed by atoms with van der Waals surface area (Å²) >= 11 is 0. The second-order valence-corrected chi connectivity index (χ2v) is 6.80. The van der Waals surface area contributed by atoms with Gasteiger partial charge in [-0.1, -0.05) is 12.1 Å². The SMILES string of the molecule is COc1ccc(COP(C)N(C(C)C)C(C)C)cc1. The average molecular weight is 283 g/mol. The van der Waals surface area contributed by atoms with Gasteiger partial charge in [-0.3, -0.25) is 4.67 Å². The molecule has 0 bridgehead atoms. The largest absolute Gasteiger partial charge is 0.497 e. The van der Waals surface area contributed by atoms with Crippen molar-refractivity contribution in [3.8, 4) is 5.75 Å². The van der Waals surface area contributed by atoms with E-state index >= 15 is 0 Å². The lowest BCUT2D eigenvalue weighted by Crippen LogP contribution is -2.32. The molecule has 0 N–H and O–H groups in total. The molecule has 19 heavy (non-hydrogen) atoms. The molecule has 0 fully saturated rings. The first-order valence-corrected chi connectivity index (χ1v) is 8.39. The molecule has 0 radical (unpaired) electrons. The Labute approximate surface area is 118 Å². The van der Waals surface area contributed by atoms with Crippen LogP contribution in [0.2, 0.25) is 0 Å². The van der Waals surface area contributed by atoms with E-state index in [4.69, 9.17) is 9.26 Å². The Hall–Kier alpha value is -0.630. The van der Waals surface area contributed by atoms with E-state index in [1.807, 2.05) is 12.1 Å². The molecule has 1 atom stereocenters. The van der Waals surface area contributed by atoms with Gasteiger partial charge >= 0.3 is 0 Å². The Morgan fingerprint density at radius 3 is 2.00 bits per heavy atom. The molecule has 0 saturated heterocycles. The van der Waals surface area contributed by atoms with Gasteiger partial charge in [-0.2, -0.15) is 0 Å². The molecule has 0 saturated carbocycles. The van der Waals surface area contributed by atoms with E-state index in [2.05, 4.69) is 51.2 Å². The van der Waals surface area contributed by atoms with Crippen molar-refractivity contribution in [1.82, 2.24) is 4.67 Å². The Morgan fingerprint density at radius 1 is 1.05 bits per heavy atom. The quantitative estimate of drug-likeness (QED) is 0.697. The highest BCUT2D eigenvalue weighted by molar-refractivity contribution is 7.49. The molecular formula is C15H26NO2P. The van der Waals surface area contributed by atoms with Gasteiger partial charge in [-0.15, -0.1) is 0 Å². The van der Waals surface area contributed by atoms with E-state index in [-0.39, 0.29) is 0 Å². The highest BCUT2D eigenvalue weighted by Gasteiger charge is 2.21. The molecule has 1 aromatic rings. The van der Waals surface area contributed by atoms with Crippen LogP contribution in [0, 0.1) is 0 Å². The van der Waals surface area contributed by atoms with Crippen LogP contribution in [0.3, 0.4) is 0 Å². The molecule has 1 rings (SSSR count). The first kappa shape index (κ1) is 16.4. The fourth-order valence-corrected chi connectivity index (χ4v) is 3.97. The Balaban J connectivity index is 2.54. The maximum Gasteiger partial charge on any atom is 0.118 e. The molecule has 0 spiro atoms. The lowest BCUT2D eigenvalue weighted by Gasteiger charge is -2.35. The van der Waals surface area contributed by atoms with Crippen molar-refractivity contribution in [3.63, 3.8) is 0 Å². The van der Waals surface area contributed by atoms with Gasteiger partial charge in [-0.05, 0) is 52.1 Å². The minimum absolute atomic E-state index is 0.506. The van der Waals surface area contributed by atoms with Crippen LogP contribution in [-0.2, 0) is 11.1 Å². The van der Waals surface area contributed by atoms with E-state index in [1.165, 1.54) is 5.56 Å². The number of benzene rings is 1. The summed E-state index contributed by atoms with van der Waals surface area (Å²) in [6.45, 7) is 11.7. The van der Waals surface area contributed by atoms with Crippen LogP contribution in [0.15, 0.2) is 24.3 Å². The number of nitrogens with zero attached hydrogens (tertiary/aromatic N) is 1. The molecular weight excluding hydrogens is 257 g/mol. The van der Waals surface area contributed by atoms with Gasteiger partial charge in [-0.25, -0.2) is 0 Å². The van der Waals surface area contributed by atoms with Crippen LogP contribution in [0.25, 0.3) is 0 Å². The van der Waals surface area contributed by atoms with Crippen LogP contribution < -0.4 is 4.74 Å². The van der Waals surface area contributed by atoms with Crippen LogP contribution in [0.4, 0.5) is 0 Å². The third kappa shape index (κ3) is 5.10. The summed E-state index contributed by atoms with van der Waals surface area (Å²) in [5.41, 5.74) is 1.18. The van der Waals surface area contributed by atoms with E-state index in [0.717, 1.165) is 5.75 Å². The molecule has 4 heteroatoms. The lowest BCUT2D eigenvalue weighted by molar-refractivity contribution is 0.250. The molecule has 0 heterocycles. The first-order chi connectivity index (χ1) is 8.95. The maximum atomic E-state index is 6.04. The second kappa shape index (κ2) is 7.84. The zero-order chi connectivity index (χ0) is 14.4. The van der Waals surface area contributed by atoms with E-state index in [1.54, 1.807) is 7.11 Å². The van der Waals surface area contributed by atoms with E-state index in [0.29, 0.717) is 18.7 Å². The number of methoxy groups -OCH3 is 1. The summed E-state index contributed by atoms with van der Waals surface area (Å²) in [4.78, 5) is 0. The van der Waals surface area contributed by atoms with Gasteiger partial charge in [0.1, 0.15) is 14.0 Å². The van der Waals surface area contributed by atoms with Crippen LogP contribution in [0.5, 0.6) is 5.75 Å². The summed E-state index contributed by atoms with van der Waals surface area (Å²) in [5, 5.41) is 0. The highest BCUT2D eigenvalue weighted by Crippen LogP contribution is 2.41. The lowest BCUT2D eigenvalue weighted by atomic mass is 10.2. The van der Waals surface area contributed by atoms with Crippen molar-refractivity contribution >= 4 is 8.30 Å². The number of hydrogen-bond donors (Lipinski definition) is 0. The van der Waals surface area contributed by atoms with Crippen molar-refractivity contribution in [2.24, 2.45) is 0 Å². The molecule has 3 nitrogen and oxygen atoms in total. The summed E-state index contributed by atoms with van der Waals surface area (Å²) in [6.07, 6.45) is 0. The molecule has 0 aliphatic heterocycles. The molecule has 1 unspecified atom stereocenters. The number of ether oxygens (including phenoxy) is 1. The average Bonchev–Trinajstić information content (AvgIpc) is 2.36. The van der Waals surface area contributed by atoms with E-state index < -0.39 is 8.30 Å². The topological polar surface area (TPSA) is 21.7 Å². The van der Waals surface area contributed by atoms with Crippen LogP contribution >= 0.6 is 8.30 Å². The number of hydrogen-bond acceptors (Lipinski definition) is 3. The third-order valence-corrected chi connectivity index (χ3v) is 5.04. The van der Waals surface area contributed by atoms with Gasteiger partial charge < -0.3 is 9.26 Å². The Morgan fingerprint density at radius 2 is 1.58 bits per heavy atom. The van der Waals surface area contributed by atoms with Gasteiger partial charge in [0.05, 0.1) is 13.7 Å². The van der Waals surface area contributed by atoms with Crippen molar-refractivity contribution in [3.05, 3.63) is 29.8 Å². The van der Waals surface area contributed by atoms with E-state index in [9.17, 15) is 0 Å². The van der Waals surface area contributed by atoms with Crippen molar-refractivity contribution < 1.29 is 9.26 Å². The highest BCUT2D eigenvalue weighted by atomic mass is 31.2. The number of rotatable bonds is 7. The Bertz CT molecular complexity index is 357. The van der Waals surface area contributed by atoms with Crippen molar-refractivity contribution in [2.45, 2.75) is 46.4 Å². The summed E-state index contributed by atoms with van der Waals surface area (Å²) in [6, 6.07) is 9.06. The fourth-order valence-electron chi connectivity index (χ4n) is 2.20. The molecule has 0 aromatic heterocycles. The Kier molecular flexibility index (Phi) is 6.78. The fraction of sp³-hybridized carbons (Fsp3) is 0.600. The smallest absolute Gasteiger partial charge is 0.118 e. The monoisotopic (exact) mass is 283 g/mol. The molecule has 0 amide bonds. The van der Waals surface area contributed by atoms with Crippen molar-refractivity contribution in [2.75, 3.05) is 13.8 Å².